The van der Waals surface area contributed by atoms with Gasteiger partial charge in [0.05, 0.1) is 4.92 Å². The number of carbonyl (C=O) groups is 1. The van der Waals surface area contributed by atoms with Gasteiger partial charge in [-0.15, -0.1) is 0 Å². The van der Waals surface area contributed by atoms with Crippen LogP contribution in [-0.4, -0.2) is 61.7 Å². The topological polar surface area (TPSA) is 110 Å². The quantitative estimate of drug-likeness (QED) is 0.491. The Labute approximate surface area is 166 Å². The van der Waals surface area contributed by atoms with E-state index in [1.54, 1.807) is 15.8 Å². The summed E-state index contributed by atoms with van der Waals surface area (Å²) in [5.41, 5.74) is 0.418. The predicted molar refractivity (Wildman–Crippen MR) is 105 cm³/mol. The maximum Gasteiger partial charge on any atom is 0.269 e. The zero-order valence-corrected chi connectivity index (χ0v) is 15.8. The van der Waals surface area contributed by atoms with E-state index in [4.69, 9.17) is 0 Å². The van der Waals surface area contributed by atoms with E-state index >= 15 is 0 Å². The van der Waals surface area contributed by atoms with Crippen molar-refractivity contribution in [2.24, 2.45) is 0 Å². The maximum absolute atomic E-state index is 12.7. The van der Waals surface area contributed by atoms with Gasteiger partial charge in [0.15, 0.2) is 5.82 Å². The Morgan fingerprint density at radius 3 is 2.38 bits per heavy atom. The number of nitro benzene ring substituents is 1. The van der Waals surface area contributed by atoms with E-state index in [1.165, 1.54) is 24.3 Å². The number of aryl methyl sites for hydroxylation is 1. The number of hydrogen-bond acceptors (Lipinski definition) is 7. The number of hydrogen-bond donors (Lipinski definition) is 0. The molecule has 0 saturated carbocycles. The zero-order valence-electron chi connectivity index (χ0n) is 15.8. The third kappa shape index (κ3) is 3.91. The van der Waals surface area contributed by atoms with Gasteiger partial charge in [-0.1, -0.05) is 0 Å². The summed E-state index contributed by atoms with van der Waals surface area (Å²) in [7, 11) is 0. The molecule has 0 unspecified atom stereocenters. The lowest BCUT2D eigenvalue weighted by Crippen LogP contribution is -2.49. The highest BCUT2D eigenvalue weighted by Crippen LogP contribution is 2.19. The van der Waals surface area contributed by atoms with E-state index in [1.807, 2.05) is 25.3 Å². The molecular weight excluding hydrogens is 374 g/mol. The molecule has 1 saturated heterocycles. The molecule has 1 fully saturated rings. The van der Waals surface area contributed by atoms with E-state index in [0.29, 0.717) is 43.4 Å². The van der Waals surface area contributed by atoms with Crippen molar-refractivity contribution < 1.29 is 9.72 Å². The van der Waals surface area contributed by atoms with Gasteiger partial charge in [0.1, 0.15) is 11.6 Å². The third-order valence-corrected chi connectivity index (χ3v) is 4.77. The number of piperazine rings is 1. The number of nitrogens with zero attached hydrogens (tertiary/aromatic N) is 7. The van der Waals surface area contributed by atoms with Crippen LogP contribution in [0, 0.1) is 17.0 Å². The molecule has 29 heavy (non-hydrogen) atoms. The molecule has 4 rings (SSSR count). The number of rotatable bonds is 4. The van der Waals surface area contributed by atoms with Crippen LogP contribution in [0.5, 0.6) is 0 Å². The molecule has 0 aliphatic carbocycles. The molecule has 10 heteroatoms. The minimum absolute atomic E-state index is 0.0292. The molecule has 3 heterocycles. The number of non-ortho nitro benzene ring substituents is 1. The monoisotopic (exact) mass is 393 g/mol. The van der Waals surface area contributed by atoms with E-state index in [9.17, 15) is 14.9 Å². The van der Waals surface area contributed by atoms with Crippen molar-refractivity contribution >= 4 is 17.4 Å². The van der Waals surface area contributed by atoms with Gasteiger partial charge in [0.2, 0.25) is 0 Å². The first-order valence-electron chi connectivity index (χ1n) is 9.15. The lowest BCUT2D eigenvalue weighted by atomic mass is 10.1. The van der Waals surface area contributed by atoms with Crippen LogP contribution >= 0.6 is 0 Å². The summed E-state index contributed by atoms with van der Waals surface area (Å²) in [5.74, 6) is 2.01. The van der Waals surface area contributed by atoms with Gasteiger partial charge in [-0.2, -0.15) is 5.10 Å². The number of carbonyl (C=O) groups excluding carboxylic acids is 1. The average molecular weight is 393 g/mol. The Morgan fingerprint density at radius 1 is 1.07 bits per heavy atom. The highest BCUT2D eigenvalue weighted by molar-refractivity contribution is 5.94. The highest BCUT2D eigenvalue weighted by atomic mass is 16.6. The maximum atomic E-state index is 12.7. The first-order chi connectivity index (χ1) is 14.0. The van der Waals surface area contributed by atoms with Crippen LogP contribution in [0.1, 0.15) is 16.2 Å². The van der Waals surface area contributed by atoms with Crippen molar-refractivity contribution in [2.45, 2.75) is 6.92 Å². The molecule has 1 aliphatic heterocycles. The largest absolute Gasteiger partial charge is 0.353 e. The van der Waals surface area contributed by atoms with Crippen LogP contribution < -0.4 is 4.90 Å². The van der Waals surface area contributed by atoms with Gasteiger partial charge in [0, 0.05) is 62.3 Å². The number of amides is 1. The second kappa shape index (κ2) is 7.66. The Bertz CT molecular complexity index is 1030. The summed E-state index contributed by atoms with van der Waals surface area (Å²) < 4.78 is 1.69. The second-order valence-corrected chi connectivity index (χ2v) is 6.67. The zero-order chi connectivity index (χ0) is 20.4. The molecule has 1 aliphatic rings. The lowest BCUT2D eigenvalue weighted by molar-refractivity contribution is -0.384. The summed E-state index contributed by atoms with van der Waals surface area (Å²) in [6, 6.07) is 9.41. The molecule has 1 amide bonds. The van der Waals surface area contributed by atoms with Crippen molar-refractivity contribution in [3.05, 3.63) is 70.3 Å². The predicted octanol–water partition coefficient (Wildman–Crippen LogP) is 1.84. The van der Waals surface area contributed by atoms with Crippen molar-refractivity contribution in [3.63, 3.8) is 0 Å². The second-order valence-electron chi connectivity index (χ2n) is 6.67. The molecule has 148 valence electrons. The summed E-state index contributed by atoms with van der Waals surface area (Å²) in [4.78, 5) is 35.8. The Balaban J connectivity index is 1.44. The van der Waals surface area contributed by atoms with E-state index < -0.39 is 4.92 Å². The van der Waals surface area contributed by atoms with Gasteiger partial charge in [-0.05, 0) is 25.1 Å². The minimum Gasteiger partial charge on any atom is -0.353 e. The smallest absolute Gasteiger partial charge is 0.269 e. The number of benzene rings is 1. The van der Waals surface area contributed by atoms with Crippen molar-refractivity contribution in [3.8, 4) is 5.82 Å². The fourth-order valence-electron chi connectivity index (χ4n) is 3.27. The van der Waals surface area contributed by atoms with E-state index in [2.05, 4.69) is 20.0 Å². The lowest BCUT2D eigenvalue weighted by Gasteiger charge is -2.35. The molecular formula is C19H19N7O3. The Hall–Kier alpha value is -3.82. The molecule has 3 aromatic rings. The summed E-state index contributed by atoms with van der Waals surface area (Å²) in [6.07, 6.45) is 3.52. The van der Waals surface area contributed by atoms with Crippen molar-refractivity contribution in [2.75, 3.05) is 31.1 Å². The van der Waals surface area contributed by atoms with E-state index in [0.717, 1.165) is 5.82 Å². The highest BCUT2D eigenvalue weighted by Gasteiger charge is 2.24. The first-order valence-corrected chi connectivity index (χ1v) is 9.15. The standard InChI is InChI=1S/C19H19N7O3/c1-14-21-17(13-18(22-14)25-8-2-7-20-25)23-9-11-24(12-10-23)19(27)15-3-5-16(6-4-15)26(28)29/h2-8,13H,9-12H2,1H3. The van der Waals surface area contributed by atoms with Crippen molar-refractivity contribution in [1.29, 1.82) is 0 Å². The first kappa shape index (κ1) is 18.5. The molecule has 2 aromatic heterocycles. The average Bonchev–Trinajstić information content (AvgIpc) is 3.28. The Kier molecular flexibility index (Phi) is 4.90. The van der Waals surface area contributed by atoms with Crippen LogP contribution in [0.2, 0.25) is 0 Å². The number of anilines is 1. The summed E-state index contributed by atoms with van der Waals surface area (Å²) in [5, 5.41) is 15.0. The SMILES string of the molecule is Cc1nc(N2CCN(C(=O)c3ccc([N+](=O)[O-])cc3)CC2)cc(-n2cccn2)n1. The van der Waals surface area contributed by atoms with Crippen LogP contribution in [0.3, 0.4) is 0 Å². The molecule has 0 N–H and O–H groups in total. The van der Waals surface area contributed by atoms with Crippen LogP contribution in [0.25, 0.3) is 5.82 Å². The van der Waals surface area contributed by atoms with Crippen molar-refractivity contribution in [1.82, 2.24) is 24.6 Å². The Morgan fingerprint density at radius 2 is 1.76 bits per heavy atom. The number of aromatic nitrogens is 4. The van der Waals surface area contributed by atoms with Gasteiger partial charge in [-0.25, -0.2) is 14.6 Å². The third-order valence-electron chi connectivity index (χ3n) is 4.77. The van der Waals surface area contributed by atoms with Crippen LogP contribution in [0.15, 0.2) is 48.8 Å². The molecule has 10 nitrogen and oxygen atoms in total. The molecule has 1 aromatic carbocycles. The normalized spacial score (nSPS) is 14.1. The van der Waals surface area contributed by atoms with Gasteiger partial charge >= 0.3 is 0 Å². The molecule has 0 atom stereocenters. The van der Waals surface area contributed by atoms with Gasteiger partial charge < -0.3 is 9.80 Å². The van der Waals surface area contributed by atoms with Gasteiger partial charge in [0.25, 0.3) is 11.6 Å². The minimum atomic E-state index is -0.478. The van der Waals surface area contributed by atoms with E-state index in [-0.39, 0.29) is 11.6 Å². The molecule has 0 bridgehead atoms. The fraction of sp³-hybridized carbons (Fsp3) is 0.263. The summed E-state index contributed by atoms with van der Waals surface area (Å²) in [6.45, 7) is 4.18. The summed E-state index contributed by atoms with van der Waals surface area (Å²) >= 11 is 0. The fourth-order valence-corrected chi connectivity index (χ4v) is 3.27. The number of nitro groups is 1. The van der Waals surface area contributed by atoms with Gasteiger partial charge in [-0.3, -0.25) is 14.9 Å². The van der Waals surface area contributed by atoms with Crippen LogP contribution in [0.4, 0.5) is 11.5 Å². The van der Waals surface area contributed by atoms with Crippen LogP contribution in [-0.2, 0) is 0 Å². The molecule has 0 radical (unpaired) electrons. The molecule has 0 spiro atoms.